The molecule has 4 rings (SSSR count). The number of rotatable bonds is 14. The normalized spacial score (nSPS) is 16.7. The van der Waals surface area contributed by atoms with Gasteiger partial charge in [-0.2, -0.15) is 10.6 Å². The van der Waals surface area contributed by atoms with Gasteiger partial charge in [0.2, 0.25) is 0 Å². The van der Waals surface area contributed by atoms with Gasteiger partial charge in [-0.05, 0) is 90.4 Å². The standard InChI is InChI=1S/C36H47ClFN3O5S/c1-5-10-40(11-6-2)35(43)28-12-24(4)13-29(17-28)36(44)41(20-26-14-30(37)18-31(38)15-26)21-32(42)19-39-34-23-47(45,46)22-27-9-8-25(7-3)16-33(27)34/h8-9,12-18,32,34,39,42,45-46H,5-7,10-11,19-23H2,1-4H3/t32-,34+/m1/s1. The summed E-state index contributed by atoms with van der Waals surface area (Å²) in [4.78, 5) is 30.8. The predicted molar refractivity (Wildman–Crippen MR) is 188 cm³/mol. The number of aliphatic hydroxyl groups excluding tert-OH is 1. The summed E-state index contributed by atoms with van der Waals surface area (Å²) in [7, 11) is -2.85. The van der Waals surface area contributed by atoms with Gasteiger partial charge in [0.25, 0.3) is 11.8 Å². The lowest BCUT2D eigenvalue weighted by Crippen LogP contribution is -2.43. The minimum Gasteiger partial charge on any atom is -0.390 e. The van der Waals surface area contributed by atoms with Crippen LogP contribution in [-0.2, 0) is 18.7 Å². The molecule has 0 bridgehead atoms. The minimum absolute atomic E-state index is 0.0327. The van der Waals surface area contributed by atoms with Crippen LogP contribution in [0.5, 0.6) is 0 Å². The molecule has 1 aliphatic rings. The molecule has 0 saturated carbocycles. The van der Waals surface area contributed by atoms with Gasteiger partial charge in [0.15, 0.2) is 0 Å². The highest BCUT2D eigenvalue weighted by molar-refractivity contribution is 8.23. The van der Waals surface area contributed by atoms with Crippen LogP contribution in [0.25, 0.3) is 0 Å². The molecule has 0 radical (unpaired) electrons. The van der Waals surface area contributed by atoms with E-state index in [1.807, 2.05) is 32.9 Å². The van der Waals surface area contributed by atoms with Gasteiger partial charge in [-0.3, -0.25) is 18.7 Å². The maximum atomic E-state index is 14.3. The zero-order valence-electron chi connectivity index (χ0n) is 27.6. The van der Waals surface area contributed by atoms with Crippen molar-refractivity contribution in [3.8, 4) is 0 Å². The summed E-state index contributed by atoms with van der Waals surface area (Å²) in [5.41, 5.74) is 4.85. The monoisotopic (exact) mass is 687 g/mol. The van der Waals surface area contributed by atoms with Crippen molar-refractivity contribution >= 4 is 34.0 Å². The summed E-state index contributed by atoms with van der Waals surface area (Å²) in [5.74, 6) is -0.800. The number of halogens is 2. The van der Waals surface area contributed by atoms with Crippen LogP contribution in [0.4, 0.5) is 4.39 Å². The van der Waals surface area contributed by atoms with Crippen molar-refractivity contribution in [2.24, 2.45) is 0 Å². The molecule has 4 N–H and O–H groups in total. The van der Waals surface area contributed by atoms with Crippen LogP contribution >= 0.6 is 22.2 Å². The van der Waals surface area contributed by atoms with E-state index in [2.05, 4.69) is 18.3 Å². The Balaban J connectivity index is 1.59. The van der Waals surface area contributed by atoms with Crippen LogP contribution in [-0.4, -0.2) is 73.9 Å². The Morgan fingerprint density at radius 3 is 2.23 bits per heavy atom. The molecule has 0 saturated heterocycles. The first-order chi connectivity index (χ1) is 22.3. The Labute approximate surface area is 284 Å². The van der Waals surface area contributed by atoms with Crippen molar-refractivity contribution < 1.29 is 28.2 Å². The van der Waals surface area contributed by atoms with Gasteiger partial charge in [-0.1, -0.05) is 50.6 Å². The van der Waals surface area contributed by atoms with Crippen LogP contribution in [0, 0.1) is 12.7 Å². The first-order valence-corrected chi connectivity index (χ1v) is 18.5. The van der Waals surface area contributed by atoms with Gasteiger partial charge in [-0.15, -0.1) is 0 Å². The molecule has 3 aromatic carbocycles. The SMILES string of the molecule is CCCN(CCC)C(=O)c1cc(C)cc(C(=O)N(Cc2cc(F)cc(Cl)c2)C[C@H](O)CN[C@H]2CS(O)(O)Cc3ccc(CC)cc32)c1. The van der Waals surface area contributed by atoms with E-state index in [9.17, 15) is 28.2 Å². The predicted octanol–water partition coefficient (Wildman–Crippen LogP) is 7.21. The summed E-state index contributed by atoms with van der Waals surface area (Å²) in [5, 5.41) is 14.8. The molecule has 0 unspecified atom stereocenters. The molecule has 0 fully saturated rings. The van der Waals surface area contributed by atoms with Crippen molar-refractivity contribution in [1.82, 2.24) is 15.1 Å². The number of benzene rings is 3. The quantitative estimate of drug-likeness (QED) is 0.143. The summed E-state index contributed by atoms with van der Waals surface area (Å²) < 4.78 is 35.6. The zero-order chi connectivity index (χ0) is 34.3. The molecule has 0 aliphatic carbocycles. The van der Waals surface area contributed by atoms with E-state index >= 15 is 0 Å². The topological polar surface area (TPSA) is 113 Å². The Morgan fingerprint density at radius 2 is 1.62 bits per heavy atom. The number of nitrogens with zero attached hydrogens (tertiary/aromatic N) is 2. The van der Waals surface area contributed by atoms with Crippen LogP contribution in [0.15, 0.2) is 54.6 Å². The lowest BCUT2D eigenvalue weighted by molar-refractivity contribution is 0.0600. The van der Waals surface area contributed by atoms with Crippen molar-refractivity contribution in [2.45, 2.75) is 71.4 Å². The second kappa shape index (κ2) is 16.4. The lowest BCUT2D eigenvalue weighted by atomic mass is 9.98. The van der Waals surface area contributed by atoms with Crippen molar-refractivity contribution in [3.63, 3.8) is 0 Å². The van der Waals surface area contributed by atoms with Crippen LogP contribution < -0.4 is 5.32 Å². The number of carbonyl (C=O) groups excluding carboxylic acids is 2. The van der Waals surface area contributed by atoms with Crippen LogP contribution in [0.1, 0.15) is 88.2 Å². The molecule has 1 heterocycles. The van der Waals surface area contributed by atoms with E-state index < -0.39 is 34.5 Å². The Morgan fingerprint density at radius 1 is 0.957 bits per heavy atom. The highest BCUT2D eigenvalue weighted by Gasteiger charge is 2.31. The Hall–Kier alpha value is -2.99. The summed E-state index contributed by atoms with van der Waals surface area (Å²) in [6.07, 6.45) is 1.40. The first-order valence-electron chi connectivity index (χ1n) is 16.2. The van der Waals surface area contributed by atoms with Gasteiger partial charge in [0.1, 0.15) is 5.82 Å². The van der Waals surface area contributed by atoms with E-state index in [1.54, 1.807) is 29.2 Å². The number of nitrogens with one attached hydrogen (secondary N) is 1. The number of amides is 2. The number of carbonyl (C=O) groups is 2. The average Bonchev–Trinajstić information content (AvgIpc) is 3.01. The van der Waals surface area contributed by atoms with Gasteiger partial charge in [-0.25, -0.2) is 4.39 Å². The highest BCUT2D eigenvalue weighted by atomic mass is 35.5. The third kappa shape index (κ3) is 10.0. The Kier molecular flexibility index (Phi) is 12.9. The van der Waals surface area contributed by atoms with Crippen LogP contribution in [0.2, 0.25) is 5.02 Å². The molecule has 256 valence electrons. The van der Waals surface area contributed by atoms with E-state index in [-0.39, 0.29) is 47.6 Å². The van der Waals surface area contributed by atoms with Crippen molar-refractivity contribution in [2.75, 3.05) is 31.9 Å². The van der Waals surface area contributed by atoms with Crippen LogP contribution in [0.3, 0.4) is 0 Å². The molecular formula is C36H47ClFN3O5S. The summed E-state index contributed by atoms with van der Waals surface area (Å²) in [6, 6.07) is 14.7. The number of aliphatic hydroxyl groups is 1. The van der Waals surface area contributed by atoms with Crippen molar-refractivity contribution in [1.29, 1.82) is 0 Å². The van der Waals surface area contributed by atoms with E-state index in [1.165, 1.54) is 17.0 Å². The molecule has 2 atom stereocenters. The molecule has 3 aromatic rings. The fourth-order valence-corrected chi connectivity index (χ4v) is 8.10. The zero-order valence-corrected chi connectivity index (χ0v) is 29.2. The van der Waals surface area contributed by atoms with Crippen molar-refractivity contribution in [3.05, 3.63) is 104 Å². The first kappa shape index (κ1) is 36.8. The number of hydrogen-bond donors (Lipinski definition) is 4. The summed E-state index contributed by atoms with van der Waals surface area (Å²) >= 11 is 6.13. The fourth-order valence-electron chi connectivity index (χ4n) is 6.14. The maximum Gasteiger partial charge on any atom is 0.254 e. The third-order valence-electron chi connectivity index (χ3n) is 8.27. The van der Waals surface area contributed by atoms with Gasteiger partial charge in [0, 0.05) is 48.9 Å². The maximum absolute atomic E-state index is 14.3. The molecule has 0 spiro atoms. The van der Waals surface area contributed by atoms with Gasteiger partial charge in [0.05, 0.1) is 23.7 Å². The second-order valence-electron chi connectivity index (χ2n) is 12.5. The van der Waals surface area contributed by atoms with E-state index in [0.717, 1.165) is 41.5 Å². The highest BCUT2D eigenvalue weighted by Crippen LogP contribution is 2.50. The molecule has 8 nitrogen and oxygen atoms in total. The number of fused-ring (bicyclic) bond motifs is 1. The average molecular weight is 688 g/mol. The Bertz CT molecular complexity index is 1550. The number of hydrogen-bond acceptors (Lipinski definition) is 6. The fraction of sp³-hybridized carbons (Fsp3) is 0.444. The summed E-state index contributed by atoms with van der Waals surface area (Å²) in [6.45, 7) is 9.03. The largest absolute Gasteiger partial charge is 0.390 e. The van der Waals surface area contributed by atoms with Gasteiger partial charge >= 0.3 is 0 Å². The minimum atomic E-state index is -2.85. The molecular weight excluding hydrogens is 641 g/mol. The molecule has 11 heteroatoms. The van der Waals surface area contributed by atoms with E-state index in [0.29, 0.717) is 24.2 Å². The van der Waals surface area contributed by atoms with E-state index in [4.69, 9.17) is 11.6 Å². The smallest absolute Gasteiger partial charge is 0.254 e. The molecule has 47 heavy (non-hydrogen) atoms. The molecule has 0 aromatic heterocycles. The molecule has 1 aliphatic heterocycles. The third-order valence-corrected chi connectivity index (χ3v) is 10.1. The molecule has 2 amide bonds. The second-order valence-corrected chi connectivity index (χ2v) is 15.1. The lowest BCUT2D eigenvalue weighted by Gasteiger charge is -2.42. The van der Waals surface area contributed by atoms with Gasteiger partial charge < -0.3 is 20.2 Å². The number of aryl methyl sites for hydroxylation is 2.